The van der Waals surface area contributed by atoms with Gasteiger partial charge in [0.2, 0.25) is 5.60 Å². The van der Waals surface area contributed by atoms with Gasteiger partial charge in [-0.05, 0) is 79.3 Å². The number of benzene rings is 3. The Balaban J connectivity index is 1.55. The number of rotatable bonds is 7. The number of aryl methyl sites for hydroxylation is 1. The summed E-state index contributed by atoms with van der Waals surface area (Å²) in [5.41, 5.74) is -1.72. The highest BCUT2D eigenvalue weighted by Crippen LogP contribution is 2.47. The monoisotopic (exact) mass is 498 g/mol. The molecule has 8 heteroatoms. The fraction of sp³-hybridized carbons (Fsp3) is 0.286. The molecule has 0 amide bonds. The van der Waals surface area contributed by atoms with Crippen molar-refractivity contribution in [2.24, 2.45) is 5.92 Å². The van der Waals surface area contributed by atoms with E-state index < -0.39 is 23.7 Å². The van der Waals surface area contributed by atoms with Crippen LogP contribution < -0.4 is 5.32 Å². The van der Waals surface area contributed by atoms with Crippen molar-refractivity contribution in [3.63, 3.8) is 0 Å². The third-order valence-electron chi connectivity index (χ3n) is 6.93. The molecule has 1 aromatic heterocycles. The maximum atomic E-state index is 14.6. The van der Waals surface area contributed by atoms with E-state index in [2.05, 4.69) is 5.32 Å². The van der Waals surface area contributed by atoms with E-state index in [9.17, 15) is 27.8 Å². The summed E-state index contributed by atoms with van der Waals surface area (Å²) in [5.74, 6) is -0.171. The summed E-state index contributed by atoms with van der Waals surface area (Å²) in [6.45, 7) is 1.92. The number of aromatic nitrogens is 1. The van der Waals surface area contributed by atoms with E-state index in [0.717, 1.165) is 12.8 Å². The minimum atomic E-state index is -5.00. The molecule has 0 radical (unpaired) electrons. The van der Waals surface area contributed by atoms with Gasteiger partial charge < -0.3 is 20.1 Å². The summed E-state index contributed by atoms with van der Waals surface area (Å²) in [5, 5.41) is 25.1. The first-order valence-electron chi connectivity index (χ1n) is 11.8. The number of nitrogens with one attached hydrogen (secondary N) is 1. The summed E-state index contributed by atoms with van der Waals surface area (Å²) in [7, 11) is 0. The molecule has 0 aliphatic heterocycles. The number of hydrogen-bond donors (Lipinski definition) is 3. The molecule has 36 heavy (non-hydrogen) atoms. The molecule has 2 atom stereocenters. The number of aliphatic hydroxyl groups excluding tert-OH is 1. The molecule has 3 N–H and O–H groups in total. The van der Waals surface area contributed by atoms with Crippen molar-refractivity contribution >= 4 is 22.3 Å². The molecule has 1 aliphatic rings. The van der Waals surface area contributed by atoms with Crippen LogP contribution in [0.4, 0.5) is 28.9 Å². The first kappa shape index (κ1) is 24.3. The van der Waals surface area contributed by atoms with Crippen LogP contribution in [0.3, 0.4) is 0 Å². The van der Waals surface area contributed by atoms with Crippen molar-refractivity contribution in [3.05, 3.63) is 95.4 Å². The normalized spacial score (nSPS) is 16.6. The maximum absolute atomic E-state index is 14.6. The van der Waals surface area contributed by atoms with Crippen molar-refractivity contribution < 1.29 is 27.8 Å². The van der Waals surface area contributed by atoms with Gasteiger partial charge >= 0.3 is 6.18 Å². The fourth-order valence-corrected chi connectivity index (χ4v) is 4.72. The standard InChI is InChI=1S/C28H26F4N2O2/c1-17-15-19(7-12-24(17)33-21-10-8-20(29)9-11-21)27(36,28(30,31)32)23-3-2-4-25-22(23)13-14-34(25)16-26(35)18-5-6-18/h2-4,7-15,18,26,33,35-36H,5-6,16H2,1H3. The highest BCUT2D eigenvalue weighted by atomic mass is 19.4. The second kappa shape index (κ2) is 8.94. The number of aliphatic hydroxyl groups is 2. The molecule has 188 valence electrons. The van der Waals surface area contributed by atoms with Gasteiger partial charge in [0.05, 0.1) is 6.10 Å². The Labute approximate surface area is 205 Å². The van der Waals surface area contributed by atoms with Crippen LogP contribution in [0.15, 0.2) is 72.9 Å². The number of anilines is 2. The van der Waals surface area contributed by atoms with Crippen molar-refractivity contribution in [1.29, 1.82) is 0 Å². The van der Waals surface area contributed by atoms with Gasteiger partial charge in [0, 0.05) is 40.6 Å². The molecule has 4 nitrogen and oxygen atoms in total. The summed E-state index contributed by atoms with van der Waals surface area (Å²) >= 11 is 0. The van der Waals surface area contributed by atoms with Crippen LogP contribution >= 0.6 is 0 Å². The molecular weight excluding hydrogens is 472 g/mol. The van der Waals surface area contributed by atoms with E-state index in [-0.39, 0.29) is 29.0 Å². The second-order valence-corrected chi connectivity index (χ2v) is 9.48. The molecule has 0 spiro atoms. The molecule has 3 aromatic carbocycles. The zero-order valence-corrected chi connectivity index (χ0v) is 19.6. The number of nitrogens with zero attached hydrogens (tertiary/aromatic N) is 1. The number of fused-ring (bicyclic) bond motifs is 1. The molecule has 2 unspecified atom stereocenters. The van der Waals surface area contributed by atoms with Crippen LogP contribution in [0.25, 0.3) is 10.9 Å². The van der Waals surface area contributed by atoms with Gasteiger partial charge in [0.25, 0.3) is 0 Å². The summed E-state index contributed by atoms with van der Waals surface area (Å²) in [6.07, 6.45) is -2.02. The average Bonchev–Trinajstić information content (AvgIpc) is 3.62. The summed E-state index contributed by atoms with van der Waals surface area (Å²) < 4.78 is 58.7. The van der Waals surface area contributed by atoms with Crippen LogP contribution in [0, 0.1) is 18.7 Å². The largest absolute Gasteiger partial charge is 0.425 e. The Morgan fingerprint density at radius 2 is 1.75 bits per heavy atom. The van der Waals surface area contributed by atoms with Gasteiger partial charge in [0.1, 0.15) is 5.82 Å². The van der Waals surface area contributed by atoms with Crippen LogP contribution in [0.5, 0.6) is 0 Å². The lowest BCUT2D eigenvalue weighted by Gasteiger charge is -2.32. The molecule has 1 fully saturated rings. The van der Waals surface area contributed by atoms with E-state index in [0.29, 0.717) is 22.5 Å². The summed E-state index contributed by atoms with van der Waals surface area (Å²) in [4.78, 5) is 0. The lowest BCUT2D eigenvalue weighted by atomic mass is 9.83. The third kappa shape index (κ3) is 4.35. The second-order valence-electron chi connectivity index (χ2n) is 9.48. The quantitative estimate of drug-likeness (QED) is 0.259. The van der Waals surface area contributed by atoms with Crippen LogP contribution in [-0.4, -0.2) is 27.1 Å². The Kier molecular flexibility index (Phi) is 6.04. The number of alkyl halides is 3. The van der Waals surface area contributed by atoms with Crippen molar-refractivity contribution in [3.8, 4) is 0 Å². The van der Waals surface area contributed by atoms with E-state index in [1.54, 1.807) is 29.8 Å². The Bertz CT molecular complexity index is 1390. The van der Waals surface area contributed by atoms with Crippen molar-refractivity contribution in [2.75, 3.05) is 5.32 Å². The molecule has 0 bridgehead atoms. The van der Waals surface area contributed by atoms with Crippen molar-refractivity contribution in [1.82, 2.24) is 4.57 Å². The van der Waals surface area contributed by atoms with E-state index in [1.807, 2.05) is 0 Å². The van der Waals surface area contributed by atoms with Gasteiger partial charge in [-0.1, -0.05) is 24.3 Å². The van der Waals surface area contributed by atoms with E-state index in [1.165, 1.54) is 54.6 Å². The van der Waals surface area contributed by atoms with Gasteiger partial charge in [-0.2, -0.15) is 13.2 Å². The topological polar surface area (TPSA) is 57.4 Å². The minimum absolute atomic E-state index is 0.225. The van der Waals surface area contributed by atoms with Crippen molar-refractivity contribution in [2.45, 2.75) is 44.2 Å². The lowest BCUT2D eigenvalue weighted by molar-refractivity contribution is -0.247. The molecular formula is C28H26F4N2O2. The molecule has 1 saturated carbocycles. The SMILES string of the molecule is Cc1cc(C(O)(c2cccc3c2ccn3CC(O)C2CC2)C(F)(F)F)ccc1Nc1ccc(F)cc1. The smallest absolute Gasteiger partial charge is 0.391 e. The lowest BCUT2D eigenvalue weighted by Crippen LogP contribution is -2.43. The Morgan fingerprint density at radius 3 is 2.39 bits per heavy atom. The van der Waals surface area contributed by atoms with Gasteiger partial charge in [0.15, 0.2) is 0 Å². The zero-order valence-electron chi connectivity index (χ0n) is 19.6. The maximum Gasteiger partial charge on any atom is 0.425 e. The van der Waals surface area contributed by atoms with Crippen LogP contribution in [0.1, 0.15) is 29.5 Å². The Hall–Kier alpha value is -3.36. The van der Waals surface area contributed by atoms with Crippen LogP contribution in [-0.2, 0) is 12.1 Å². The molecule has 4 aromatic rings. The van der Waals surface area contributed by atoms with Gasteiger partial charge in [-0.3, -0.25) is 0 Å². The number of hydrogen-bond acceptors (Lipinski definition) is 3. The highest BCUT2D eigenvalue weighted by molar-refractivity contribution is 5.85. The van der Waals surface area contributed by atoms with E-state index >= 15 is 0 Å². The first-order valence-corrected chi connectivity index (χ1v) is 11.8. The number of halogens is 4. The molecule has 0 saturated heterocycles. The van der Waals surface area contributed by atoms with Crippen LogP contribution in [0.2, 0.25) is 0 Å². The predicted molar refractivity (Wildman–Crippen MR) is 131 cm³/mol. The molecule has 5 rings (SSSR count). The van der Waals surface area contributed by atoms with Gasteiger partial charge in [-0.15, -0.1) is 0 Å². The summed E-state index contributed by atoms with van der Waals surface area (Å²) in [6, 6.07) is 15.7. The molecule has 1 heterocycles. The third-order valence-corrected chi connectivity index (χ3v) is 6.93. The van der Waals surface area contributed by atoms with Gasteiger partial charge in [-0.25, -0.2) is 4.39 Å². The highest BCUT2D eigenvalue weighted by Gasteiger charge is 2.57. The zero-order chi connectivity index (χ0) is 25.7. The average molecular weight is 499 g/mol. The fourth-order valence-electron chi connectivity index (χ4n) is 4.72. The first-order chi connectivity index (χ1) is 17.1. The van der Waals surface area contributed by atoms with E-state index in [4.69, 9.17) is 0 Å². The Morgan fingerprint density at radius 1 is 1.03 bits per heavy atom. The molecule has 1 aliphatic carbocycles. The minimum Gasteiger partial charge on any atom is -0.391 e. The predicted octanol–water partition coefficient (Wildman–Crippen LogP) is 6.40.